The number of hydrogen-bond donors (Lipinski definition) is 0. The Kier molecular flexibility index (Phi) is 6.74. The van der Waals surface area contributed by atoms with Crippen molar-refractivity contribution in [3.05, 3.63) is 131 Å². The Morgan fingerprint density at radius 3 is 2.11 bits per heavy atom. The summed E-state index contributed by atoms with van der Waals surface area (Å²) in [5, 5.41) is 0. The van der Waals surface area contributed by atoms with Gasteiger partial charge < -0.3 is 9.64 Å². The fourth-order valence-corrected chi connectivity index (χ4v) is 5.78. The number of piperidine rings is 1. The summed E-state index contributed by atoms with van der Waals surface area (Å²) in [5.74, 6) is 1.89. The molecule has 186 valence electrons. The van der Waals surface area contributed by atoms with Crippen molar-refractivity contribution in [1.82, 2.24) is 9.80 Å². The van der Waals surface area contributed by atoms with E-state index in [-0.39, 0.29) is 6.04 Å². The summed E-state index contributed by atoms with van der Waals surface area (Å²) in [6.07, 6.45) is 2.21. The van der Waals surface area contributed by atoms with Crippen LogP contribution in [0.1, 0.15) is 41.1 Å². The third-order valence-electron chi connectivity index (χ3n) is 7.63. The minimum Gasteiger partial charge on any atom is -0.497 e. The predicted octanol–water partition coefficient (Wildman–Crippen LogP) is 6.84. The van der Waals surface area contributed by atoms with E-state index in [9.17, 15) is 0 Å². The molecule has 0 radical (unpaired) electrons. The SMILES string of the molecule is COc1ccc2c(c1)N=C(c1ccccc1)N(C1CCN(Cc3ccccc3)CC1)C2c1ccccc1. The Bertz CT molecular complexity index is 1350. The van der Waals surface area contributed by atoms with Crippen LogP contribution in [0.15, 0.2) is 114 Å². The van der Waals surface area contributed by atoms with E-state index in [0.717, 1.165) is 55.3 Å². The molecule has 2 aliphatic rings. The van der Waals surface area contributed by atoms with Gasteiger partial charge >= 0.3 is 0 Å². The zero-order chi connectivity index (χ0) is 25.0. The molecule has 1 atom stereocenters. The number of nitrogens with zero attached hydrogens (tertiary/aromatic N) is 3. The van der Waals surface area contributed by atoms with Crippen LogP contribution in [0, 0.1) is 0 Å². The van der Waals surface area contributed by atoms with Crippen molar-refractivity contribution >= 4 is 11.5 Å². The summed E-state index contributed by atoms with van der Waals surface area (Å²) in [6, 6.07) is 39.2. The molecule has 0 bridgehead atoms. The molecule has 0 spiro atoms. The van der Waals surface area contributed by atoms with Crippen LogP contribution in [0.2, 0.25) is 0 Å². The summed E-state index contributed by atoms with van der Waals surface area (Å²) in [6.45, 7) is 3.17. The third-order valence-corrected chi connectivity index (χ3v) is 7.63. The van der Waals surface area contributed by atoms with Gasteiger partial charge in [-0.05, 0) is 30.0 Å². The van der Waals surface area contributed by atoms with Crippen LogP contribution in [0.4, 0.5) is 5.69 Å². The first kappa shape index (κ1) is 23.5. The molecule has 1 fully saturated rings. The quantitative estimate of drug-likeness (QED) is 0.298. The van der Waals surface area contributed by atoms with E-state index < -0.39 is 0 Å². The van der Waals surface area contributed by atoms with Gasteiger partial charge in [0.2, 0.25) is 0 Å². The van der Waals surface area contributed by atoms with Gasteiger partial charge in [-0.1, -0.05) is 97.1 Å². The van der Waals surface area contributed by atoms with Crippen molar-refractivity contribution in [3.63, 3.8) is 0 Å². The second-order valence-corrected chi connectivity index (χ2v) is 9.94. The molecular weight excluding hydrogens is 454 g/mol. The molecule has 0 aliphatic carbocycles. The molecule has 2 heterocycles. The number of rotatable bonds is 6. The first-order valence-electron chi connectivity index (χ1n) is 13.2. The number of fused-ring (bicyclic) bond motifs is 1. The number of amidine groups is 1. The Labute approximate surface area is 219 Å². The van der Waals surface area contributed by atoms with Gasteiger partial charge in [0.1, 0.15) is 11.6 Å². The largest absolute Gasteiger partial charge is 0.497 e. The van der Waals surface area contributed by atoms with Gasteiger partial charge in [-0.25, -0.2) is 4.99 Å². The van der Waals surface area contributed by atoms with E-state index in [4.69, 9.17) is 9.73 Å². The highest BCUT2D eigenvalue weighted by Crippen LogP contribution is 2.44. The minimum absolute atomic E-state index is 0.0977. The second-order valence-electron chi connectivity index (χ2n) is 9.94. The number of ether oxygens (including phenoxy) is 1. The maximum absolute atomic E-state index is 5.58. The summed E-state index contributed by atoms with van der Waals surface area (Å²) < 4.78 is 5.58. The van der Waals surface area contributed by atoms with Crippen LogP contribution >= 0.6 is 0 Å². The molecule has 0 aromatic heterocycles. The minimum atomic E-state index is 0.0977. The van der Waals surface area contributed by atoms with E-state index in [1.165, 1.54) is 16.7 Å². The van der Waals surface area contributed by atoms with Crippen molar-refractivity contribution in [2.24, 2.45) is 4.99 Å². The predicted molar refractivity (Wildman–Crippen MR) is 150 cm³/mol. The third kappa shape index (κ3) is 4.90. The maximum Gasteiger partial charge on any atom is 0.137 e. The van der Waals surface area contributed by atoms with E-state index in [0.29, 0.717) is 6.04 Å². The van der Waals surface area contributed by atoms with Gasteiger partial charge in [-0.3, -0.25) is 4.90 Å². The van der Waals surface area contributed by atoms with Crippen molar-refractivity contribution in [2.45, 2.75) is 31.5 Å². The first-order chi connectivity index (χ1) is 18.3. The molecule has 4 heteroatoms. The lowest BCUT2D eigenvalue weighted by molar-refractivity contribution is 0.133. The van der Waals surface area contributed by atoms with Gasteiger partial charge in [0.15, 0.2) is 0 Å². The zero-order valence-electron chi connectivity index (χ0n) is 21.3. The topological polar surface area (TPSA) is 28.1 Å². The lowest BCUT2D eigenvalue weighted by Gasteiger charge is -2.46. The Morgan fingerprint density at radius 1 is 0.784 bits per heavy atom. The van der Waals surface area contributed by atoms with Gasteiger partial charge in [-0.15, -0.1) is 0 Å². The number of aliphatic imine (C=N–C) groups is 1. The molecule has 6 rings (SSSR count). The zero-order valence-corrected chi connectivity index (χ0v) is 21.3. The fourth-order valence-electron chi connectivity index (χ4n) is 5.78. The lowest BCUT2D eigenvalue weighted by atomic mass is 9.89. The summed E-state index contributed by atoms with van der Waals surface area (Å²) >= 11 is 0. The summed E-state index contributed by atoms with van der Waals surface area (Å²) in [7, 11) is 1.72. The van der Waals surface area contributed by atoms with Crippen molar-refractivity contribution in [3.8, 4) is 5.75 Å². The van der Waals surface area contributed by atoms with E-state index >= 15 is 0 Å². The van der Waals surface area contributed by atoms with Crippen LogP contribution in [0.25, 0.3) is 0 Å². The molecule has 4 aromatic rings. The Balaban J connectivity index is 1.39. The Hall–Kier alpha value is -3.89. The standard InChI is InChI=1S/C33H33N3O/c1-37-29-17-18-30-31(23-29)34-33(27-15-9-4-10-16-27)36(32(30)26-13-7-3-8-14-26)28-19-21-35(22-20-28)24-25-11-5-2-6-12-25/h2-18,23,28,32H,19-22,24H2,1H3. The highest BCUT2D eigenvalue weighted by Gasteiger charge is 2.38. The highest BCUT2D eigenvalue weighted by atomic mass is 16.5. The van der Waals surface area contributed by atoms with E-state index in [1.807, 2.05) is 0 Å². The number of hydrogen-bond acceptors (Lipinski definition) is 4. The van der Waals surface area contributed by atoms with Crippen LogP contribution in [0.5, 0.6) is 5.75 Å². The number of benzene rings is 4. The normalized spacial score (nSPS) is 18.2. The monoisotopic (exact) mass is 487 g/mol. The van der Waals surface area contributed by atoms with Gasteiger partial charge in [0.05, 0.1) is 18.8 Å². The van der Waals surface area contributed by atoms with Crippen molar-refractivity contribution in [2.75, 3.05) is 20.2 Å². The highest BCUT2D eigenvalue weighted by molar-refractivity contribution is 6.02. The van der Waals surface area contributed by atoms with Gasteiger partial charge in [0.25, 0.3) is 0 Å². The average molecular weight is 488 g/mol. The Morgan fingerprint density at radius 2 is 1.43 bits per heavy atom. The van der Waals surface area contributed by atoms with Crippen molar-refractivity contribution < 1.29 is 4.74 Å². The lowest BCUT2D eigenvalue weighted by Crippen LogP contribution is -2.50. The summed E-state index contributed by atoms with van der Waals surface area (Å²) in [5.41, 5.74) is 6.06. The molecule has 2 aliphatic heterocycles. The molecule has 4 aromatic carbocycles. The average Bonchev–Trinajstić information content (AvgIpc) is 2.98. The second kappa shape index (κ2) is 10.6. The van der Waals surface area contributed by atoms with Crippen LogP contribution in [0.3, 0.4) is 0 Å². The molecule has 0 saturated carbocycles. The molecule has 37 heavy (non-hydrogen) atoms. The van der Waals surface area contributed by atoms with Gasteiger partial charge in [-0.2, -0.15) is 0 Å². The number of likely N-dealkylation sites (tertiary alicyclic amines) is 1. The molecule has 1 unspecified atom stereocenters. The van der Waals surface area contributed by atoms with Crippen LogP contribution in [-0.2, 0) is 6.54 Å². The van der Waals surface area contributed by atoms with E-state index in [1.54, 1.807) is 7.11 Å². The number of methoxy groups -OCH3 is 1. The molecule has 0 amide bonds. The first-order valence-corrected chi connectivity index (χ1v) is 13.2. The van der Waals surface area contributed by atoms with Gasteiger partial charge in [0, 0.05) is 42.9 Å². The van der Waals surface area contributed by atoms with Crippen molar-refractivity contribution in [1.29, 1.82) is 0 Å². The van der Waals surface area contributed by atoms with Crippen LogP contribution in [-0.4, -0.2) is 41.9 Å². The van der Waals surface area contributed by atoms with Crippen LogP contribution < -0.4 is 4.74 Å². The fraction of sp³-hybridized carbons (Fsp3) is 0.242. The maximum atomic E-state index is 5.58. The smallest absolute Gasteiger partial charge is 0.137 e. The van der Waals surface area contributed by atoms with E-state index in [2.05, 4.69) is 119 Å². The molecular formula is C33H33N3O. The summed E-state index contributed by atoms with van der Waals surface area (Å²) in [4.78, 5) is 10.5. The molecule has 0 N–H and O–H groups in total. The molecule has 1 saturated heterocycles. The molecule has 4 nitrogen and oxygen atoms in total.